The lowest BCUT2D eigenvalue weighted by Gasteiger charge is -2.42. The molecule has 1 unspecified atom stereocenters. The van der Waals surface area contributed by atoms with Gasteiger partial charge in [-0.05, 0) is 73.6 Å². The topological polar surface area (TPSA) is 140 Å². The summed E-state index contributed by atoms with van der Waals surface area (Å²) in [5.74, 6) is -0.879. The molecular weight excluding hydrogens is 616 g/mol. The maximum Gasteiger partial charge on any atom is 0.306 e. The normalized spacial score (nSPS) is 18.9. The maximum absolute atomic E-state index is 13.5. The van der Waals surface area contributed by atoms with E-state index in [9.17, 15) is 27.9 Å². The summed E-state index contributed by atoms with van der Waals surface area (Å²) in [5.41, 5.74) is 4.36. The number of pyridine rings is 2. The van der Waals surface area contributed by atoms with Gasteiger partial charge >= 0.3 is 5.97 Å². The van der Waals surface area contributed by atoms with E-state index in [4.69, 9.17) is 4.74 Å². The van der Waals surface area contributed by atoms with Gasteiger partial charge in [0.15, 0.2) is 11.5 Å². The van der Waals surface area contributed by atoms with Gasteiger partial charge in [-0.3, -0.25) is 18.3 Å². The zero-order chi connectivity index (χ0) is 32.7. The summed E-state index contributed by atoms with van der Waals surface area (Å²) >= 11 is 0. The third kappa shape index (κ3) is 5.68. The largest absolute Gasteiger partial charge is 0.466 e. The highest BCUT2D eigenvalue weighted by molar-refractivity contribution is 8.22. The highest BCUT2D eigenvalue weighted by Gasteiger charge is 2.41. The molecule has 14 heteroatoms. The van der Waals surface area contributed by atoms with Crippen molar-refractivity contribution >= 4 is 28.2 Å². The van der Waals surface area contributed by atoms with E-state index in [-0.39, 0.29) is 41.7 Å². The van der Waals surface area contributed by atoms with Crippen molar-refractivity contribution in [2.24, 2.45) is 0 Å². The van der Waals surface area contributed by atoms with Crippen LogP contribution in [0.15, 0.2) is 47.6 Å². The first-order valence-electron chi connectivity index (χ1n) is 15.1. The molecule has 5 heterocycles. The number of carbonyl (C=O) groups is 1. The number of aromatic nitrogens is 4. The second kappa shape index (κ2) is 12.6. The average Bonchev–Trinajstić information content (AvgIpc) is 3.67. The second-order valence-electron chi connectivity index (χ2n) is 11.7. The van der Waals surface area contributed by atoms with Crippen LogP contribution in [0.1, 0.15) is 77.7 Å². The minimum atomic E-state index is -3.53. The molecule has 46 heavy (non-hydrogen) atoms. The molecule has 1 aromatic carbocycles. The summed E-state index contributed by atoms with van der Waals surface area (Å²) in [7, 11) is -3.53. The molecule has 6 rings (SSSR count). The summed E-state index contributed by atoms with van der Waals surface area (Å²) < 4.78 is 58.9. The van der Waals surface area contributed by atoms with Gasteiger partial charge in [-0.25, -0.2) is 13.8 Å². The summed E-state index contributed by atoms with van der Waals surface area (Å²) in [4.78, 5) is 19.7. The van der Waals surface area contributed by atoms with Gasteiger partial charge in [-0.2, -0.15) is 9.57 Å². The Morgan fingerprint density at radius 1 is 1.22 bits per heavy atom. The Hall–Kier alpha value is -4.16. The number of esters is 1. The van der Waals surface area contributed by atoms with Gasteiger partial charge in [0.05, 0.1) is 18.6 Å². The molecule has 0 radical (unpaired) electrons. The fourth-order valence-electron chi connectivity index (χ4n) is 6.56. The molecular formula is C32H35F2N7O4S. The molecule has 4 aromatic rings. The highest BCUT2D eigenvalue weighted by atomic mass is 32.3. The molecule has 0 bridgehead atoms. The van der Waals surface area contributed by atoms with Crippen LogP contribution in [0.5, 0.6) is 0 Å². The SMILES string of the molecule is CCOC(=O)CC(c1ccc(C)c(CN2C[C@H]3CCCN3c3ncc(C#N)cc3S2(O)O)c1)c1ccn2c(C(F)F)nnc2c1C. The maximum atomic E-state index is 13.5. The van der Waals surface area contributed by atoms with E-state index in [1.54, 1.807) is 24.2 Å². The zero-order valence-corrected chi connectivity index (χ0v) is 26.5. The van der Waals surface area contributed by atoms with Crippen molar-refractivity contribution in [1.29, 1.82) is 5.26 Å². The Kier molecular flexibility index (Phi) is 8.68. The minimum absolute atomic E-state index is 0.00485. The Balaban J connectivity index is 1.41. The first-order valence-corrected chi connectivity index (χ1v) is 16.6. The van der Waals surface area contributed by atoms with Crippen molar-refractivity contribution < 1.29 is 27.4 Å². The van der Waals surface area contributed by atoms with E-state index in [0.29, 0.717) is 23.5 Å². The van der Waals surface area contributed by atoms with Gasteiger partial charge in [0, 0.05) is 44.0 Å². The summed E-state index contributed by atoms with van der Waals surface area (Å²) in [6.45, 7) is 6.95. The molecule has 0 spiro atoms. The molecule has 2 N–H and O–H groups in total. The smallest absolute Gasteiger partial charge is 0.306 e. The van der Waals surface area contributed by atoms with Crippen molar-refractivity contribution in [2.75, 3.05) is 24.6 Å². The number of aryl methyl sites for hydroxylation is 2. The van der Waals surface area contributed by atoms with Crippen LogP contribution in [0.3, 0.4) is 0 Å². The fourth-order valence-corrected chi connectivity index (χ4v) is 8.23. The van der Waals surface area contributed by atoms with Crippen LogP contribution < -0.4 is 4.90 Å². The molecule has 0 amide bonds. The number of hydrogen-bond donors (Lipinski definition) is 2. The molecule has 2 aliphatic rings. The number of nitriles is 1. The van der Waals surface area contributed by atoms with Gasteiger partial charge in [0.2, 0.25) is 5.82 Å². The lowest BCUT2D eigenvalue weighted by molar-refractivity contribution is -0.143. The number of anilines is 1. The predicted molar refractivity (Wildman–Crippen MR) is 168 cm³/mol. The van der Waals surface area contributed by atoms with Crippen molar-refractivity contribution in [3.8, 4) is 6.07 Å². The average molecular weight is 652 g/mol. The number of benzene rings is 1. The van der Waals surface area contributed by atoms with Gasteiger partial charge in [0.1, 0.15) is 11.0 Å². The van der Waals surface area contributed by atoms with Crippen molar-refractivity contribution in [3.05, 3.63) is 81.9 Å². The van der Waals surface area contributed by atoms with E-state index >= 15 is 0 Å². The van der Waals surface area contributed by atoms with Crippen LogP contribution in [0.4, 0.5) is 14.6 Å². The van der Waals surface area contributed by atoms with Gasteiger partial charge in [-0.1, -0.05) is 18.2 Å². The van der Waals surface area contributed by atoms with E-state index < -0.39 is 34.9 Å². The molecule has 11 nitrogen and oxygen atoms in total. The van der Waals surface area contributed by atoms with E-state index in [0.717, 1.165) is 36.1 Å². The number of alkyl halides is 2. The summed E-state index contributed by atoms with van der Waals surface area (Å²) in [6.07, 6.45) is 1.96. The van der Waals surface area contributed by atoms with Gasteiger partial charge in [0.25, 0.3) is 6.43 Å². The van der Waals surface area contributed by atoms with E-state index in [1.165, 1.54) is 22.9 Å². The van der Waals surface area contributed by atoms with E-state index in [1.807, 2.05) is 25.1 Å². The molecule has 2 atom stereocenters. The fraction of sp³-hybridized carbons (Fsp3) is 0.406. The molecule has 0 saturated carbocycles. The number of hydrogen-bond acceptors (Lipinski definition) is 10. The first-order chi connectivity index (χ1) is 22.0. The van der Waals surface area contributed by atoms with Gasteiger partial charge < -0.3 is 9.64 Å². The highest BCUT2D eigenvalue weighted by Crippen LogP contribution is 2.58. The van der Waals surface area contributed by atoms with Crippen LogP contribution in [0, 0.1) is 25.2 Å². The lowest BCUT2D eigenvalue weighted by atomic mass is 9.85. The first kappa shape index (κ1) is 31.8. The van der Waals surface area contributed by atoms with Crippen LogP contribution >= 0.6 is 10.8 Å². The lowest BCUT2D eigenvalue weighted by Crippen LogP contribution is -2.38. The van der Waals surface area contributed by atoms with Crippen LogP contribution in [-0.2, 0) is 16.1 Å². The number of halogens is 2. The van der Waals surface area contributed by atoms with E-state index in [2.05, 4.69) is 26.2 Å². The van der Waals surface area contributed by atoms with Crippen LogP contribution in [0.2, 0.25) is 0 Å². The minimum Gasteiger partial charge on any atom is -0.466 e. The van der Waals surface area contributed by atoms with Crippen molar-refractivity contribution in [1.82, 2.24) is 23.9 Å². The number of rotatable bonds is 8. The third-order valence-corrected chi connectivity index (χ3v) is 10.8. The number of fused-ring (bicyclic) bond motifs is 4. The zero-order valence-electron chi connectivity index (χ0n) is 25.7. The Bertz CT molecular complexity index is 1840. The van der Waals surface area contributed by atoms with Crippen molar-refractivity contribution in [3.63, 3.8) is 0 Å². The monoisotopic (exact) mass is 651 g/mol. The number of nitrogens with zero attached hydrogens (tertiary/aromatic N) is 7. The standard InChI is InChI=1S/C32H35F2N7O4S/c1-4-45-28(42)14-26(25-9-11-41-30(20(25)3)37-38-32(41)29(33)34)22-8-7-19(2)23(13-22)17-39-18-24-6-5-10-40(24)31-27(46(39,43)44)12-21(15-35)16-36-31/h7-9,11-13,16,24,26,29,43-44H,4-6,10,14,17-18H2,1-3H3/t24-,26?/m1/s1. The molecule has 1 fully saturated rings. The number of ether oxygens (including phenoxy) is 1. The molecule has 2 aliphatic heterocycles. The molecule has 3 aromatic heterocycles. The summed E-state index contributed by atoms with van der Waals surface area (Å²) in [5, 5.41) is 17.2. The Morgan fingerprint density at radius 3 is 2.76 bits per heavy atom. The third-order valence-electron chi connectivity index (χ3n) is 8.94. The predicted octanol–water partition coefficient (Wildman–Crippen LogP) is 6.14. The quantitative estimate of drug-likeness (QED) is 0.213. The Morgan fingerprint density at radius 2 is 2.02 bits per heavy atom. The van der Waals surface area contributed by atoms with Crippen molar-refractivity contribution in [2.45, 2.75) is 69.9 Å². The van der Waals surface area contributed by atoms with Crippen LogP contribution in [-0.4, -0.2) is 64.7 Å². The number of carbonyl (C=O) groups excluding carboxylic acids is 1. The summed E-state index contributed by atoms with van der Waals surface area (Å²) in [6, 6.07) is 11.1. The second-order valence-corrected chi connectivity index (χ2v) is 13.7. The molecule has 242 valence electrons. The molecule has 0 aliphatic carbocycles. The van der Waals surface area contributed by atoms with Crippen LogP contribution in [0.25, 0.3) is 5.65 Å². The Labute approximate surface area is 266 Å². The van der Waals surface area contributed by atoms with Gasteiger partial charge in [-0.15, -0.1) is 21.0 Å². The molecule has 1 saturated heterocycles.